The topological polar surface area (TPSA) is 97.6 Å². The molecular weight excluding hydrogens is 300 g/mol. The molecule has 0 spiro atoms. The minimum absolute atomic E-state index is 0.0172. The molecule has 0 radical (unpaired) electrons. The Morgan fingerprint density at radius 2 is 2.39 bits per heavy atom. The van der Waals surface area contributed by atoms with E-state index in [-0.39, 0.29) is 13.2 Å². The van der Waals surface area contributed by atoms with E-state index in [1.807, 2.05) is 0 Å². The Labute approximate surface area is 135 Å². The molecule has 3 rings (SSSR count). The zero-order chi connectivity index (χ0) is 16.9. The SMILES string of the molecule is C#CCN1C(=O)NC2N(O)CN=CC21C1(C(C)(C)O)CCCO1. The van der Waals surface area contributed by atoms with Crippen molar-refractivity contribution in [1.29, 1.82) is 0 Å². The highest BCUT2D eigenvalue weighted by Gasteiger charge is 2.72. The van der Waals surface area contributed by atoms with Crippen LogP contribution in [0.25, 0.3) is 0 Å². The summed E-state index contributed by atoms with van der Waals surface area (Å²) in [4.78, 5) is 18.1. The van der Waals surface area contributed by atoms with Crippen LogP contribution < -0.4 is 5.32 Å². The van der Waals surface area contributed by atoms with Gasteiger partial charge in [0.1, 0.15) is 24.0 Å². The van der Waals surface area contributed by atoms with E-state index in [9.17, 15) is 15.1 Å². The van der Waals surface area contributed by atoms with Crippen molar-refractivity contribution in [2.45, 2.75) is 49.6 Å². The minimum atomic E-state index is -1.29. The fourth-order valence-electron chi connectivity index (χ4n) is 4.17. The number of hydrogen-bond acceptors (Lipinski definition) is 6. The number of amides is 2. The van der Waals surface area contributed by atoms with Gasteiger partial charge < -0.3 is 20.4 Å². The van der Waals surface area contributed by atoms with E-state index >= 15 is 0 Å². The largest absolute Gasteiger partial charge is 0.387 e. The number of ether oxygens (including phenoxy) is 1. The first-order valence-electron chi connectivity index (χ1n) is 7.64. The highest BCUT2D eigenvalue weighted by atomic mass is 16.5. The standard InChI is InChI=1S/C15H22N4O4/c1-4-7-18-12(20)17-11-14(18,9-16-10-19(11)22)15(13(2,3)21)6-5-8-23-15/h1,9,11,21-22H,5-8,10H2,2-3H3,(H,17,20). The highest BCUT2D eigenvalue weighted by molar-refractivity contribution is 5.90. The number of carbonyl (C=O) groups excluding carboxylic acids is 1. The second kappa shape index (κ2) is 5.18. The van der Waals surface area contributed by atoms with Crippen LogP contribution in [0.15, 0.2) is 4.99 Å². The normalized spacial score (nSPS) is 37.6. The van der Waals surface area contributed by atoms with Crippen LogP contribution in [0.2, 0.25) is 0 Å². The number of terminal acetylenes is 1. The summed E-state index contributed by atoms with van der Waals surface area (Å²) in [6.07, 6.45) is 7.49. The Bertz CT molecular complexity index is 573. The van der Waals surface area contributed by atoms with E-state index in [2.05, 4.69) is 16.2 Å². The predicted molar refractivity (Wildman–Crippen MR) is 81.8 cm³/mol. The summed E-state index contributed by atoms with van der Waals surface area (Å²) in [7, 11) is 0. The van der Waals surface area contributed by atoms with Crippen molar-refractivity contribution >= 4 is 12.2 Å². The average Bonchev–Trinajstić information content (AvgIpc) is 3.06. The van der Waals surface area contributed by atoms with Gasteiger partial charge in [-0.2, -0.15) is 0 Å². The van der Waals surface area contributed by atoms with Crippen LogP contribution in [0, 0.1) is 12.3 Å². The zero-order valence-corrected chi connectivity index (χ0v) is 13.3. The summed E-state index contributed by atoms with van der Waals surface area (Å²) in [6.45, 7) is 3.79. The van der Waals surface area contributed by atoms with Gasteiger partial charge in [0.15, 0.2) is 0 Å². The fourth-order valence-corrected chi connectivity index (χ4v) is 4.17. The van der Waals surface area contributed by atoms with E-state index < -0.39 is 28.9 Å². The fraction of sp³-hybridized carbons (Fsp3) is 0.733. The molecule has 3 aliphatic heterocycles. The molecule has 3 N–H and O–H groups in total. The Morgan fingerprint density at radius 3 is 2.96 bits per heavy atom. The molecule has 2 amide bonds. The van der Waals surface area contributed by atoms with Gasteiger partial charge in [-0.25, -0.2) is 4.79 Å². The number of rotatable bonds is 3. The molecule has 0 aromatic heterocycles. The molecule has 3 aliphatic rings. The minimum Gasteiger partial charge on any atom is -0.387 e. The average molecular weight is 322 g/mol. The number of aliphatic hydroxyl groups is 1. The second-order valence-corrected chi connectivity index (χ2v) is 6.70. The van der Waals surface area contributed by atoms with Crippen molar-refractivity contribution in [3.05, 3.63) is 0 Å². The van der Waals surface area contributed by atoms with Crippen LogP contribution >= 0.6 is 0 Å². The summed E-state index contributed by atoms with van der Waals surface area (Å²) in [6, 6.07) is -0.417. The molecule has 3 heterocycles. The van der Waals surface area contributed by atoms with Crippen molar-refractivity contribution < 1.29 is 19.8 Å². The smallest absolute Gasteiger partial charge is 0.320 e. The molecule has 3 atom stereocenters. The van der Waals surface area contributed by atoms with Gasteiger partial charge in [-0.3, -0.25) is 9.89 Å². The Balaban J connectivity index is 2.23. The summed E-state index contributed by atoms with van der Waals surface area (Å²) in [5, 5.41) is 24.9. The van der Waals surface area contributed by atoms with Crippen LogP contribution in [-0.2, 0) is 4.74 Å². The number of fused-ring (bicyclic) bond motifs is 1. The molecule has 8 nitrogen and oxygen atoms in total. The van der Waals surface area contributed by atoms with Crippen LogP contribution in [0.4, 0.5) is 4.79 Å². The van der Waals surface area contributed by atoms with Crippen molar-refractivity contribution in [3.63, 3.8) is 0 Å². The number of hydrogen-bond donors (Lipinski definition) is 3. The maximum atomic E-state index is 12.5. The second-order valence-electron chi connectivity index (χ2n) is 6.70. The molecule has 23 heavy (non-hydrogen) atoms. The van der Waals surface area contributed by atoms with E-state index in [4.69, 9.17) is 11.2 Å². The third-order valence-electron chi connectivity index (χ3n) is 5.09. The lowest BCUT2D eigenvalue weighted by Gasteiger charge is -2.56. The number of aliphatic imine (C=N–C) groups is 1. The molecule has 126 valence electrons. The molecule has 0 aromatic rings. The first-order chi connectivity index (χ1) is 10.8. The lowest BCUT2D eigenvalue weighted by molar-refractivity contribution is -0.228. The van der Waals surface area contributed by atoms with Crippen molar-refractivity contribution in [2.24, 2.45) is 4.99 Å². The molecular formula is C15H22N4O4. The van der Waals surface area contributed by atoms with Crippen LogP contribution in [0.1, 0.15) is 26.7 Å². The van der Waals surface area contributed by atoms with Gasteiger partial charge in [0, 0.05) is 12.8 Å². The lowest BCUT2D eigenvalue weighted by atomic mass is 9.66. The predicted octanol–water partition coefficient (Wildman–Crippen LogP) is -0.237. The summed E-state index contributed by atoms with van der Waals surface area (Å²) < 4.78 is 6.04. The molecule has 8 heteroatoms. The third-order valence-corrected chi connectivity index (χ3v) is 5.09. The molecule has 0 bridgehead atoms. The highest BCUT2D eigenvalue weighted by Crippen LogP contribution is 2.50. The molecule has 2 fully saturated rings. The quantitative estimate of drug-likeness (QED) is 0.623. The molecule has 2 saturated heterocycles. The summed E-state index contributed by atoms with van der Waals surface area (Å²) in [5.41, 5.74) is -3.62. The van der Waals surface area contributed by atoms with Gasteiger partial charge in [0.05, 0.1) is 12.1 Å². The van der Waals surface area contributed by atoms with Gasteiger partial charge >= 0.3 is 6.03 Å². The number of carbonyl (C=O) groups is 1. The van der Waals surface area contributed by atoms with E-state index in [0.717, 1.165) is 11.5 Å². The Hall–Kier alpha value is -1.66. The first kappa shape index (κ1) is 16.2. The van der Waals surface area contributed by atoms with Gasteiger partial charge in [0.25, 0.3) is 0 Å². The van der Waals surface area contributed by atoms with Gasteiger partial charge in [-0.05, 0) is 26.7 Å². The number of nitrogens with one attached hydrogen (secondary N) is 1. The maximum Gasteiger partial charge on any atom is 0.320 e. The van der Waals surface area contributed by atoms with Crippen LogP contribution in [0.3, 0.4) is 0 Å². The first-order valence-corrected chi connectivity index (χ1v) is 7.64. The number of nitrogens with zero attached hydrogens (tertiary/aromatic N) is 3. The Kier molecular flexibility index (Phi) is 3.65. The van der Waals surface area contributed by atoms with Gasteiger partial charge in [-0.15, -0.1) is 11.5 Å². The van der Waals surface area contributed by atoms with Crippen LogP contribution in [0.5, 0.6) is 0 Å². The van der Waals surface area contributed by atoms with E-state index in [1.165, 1.54) is 4.90 Å². The van der Waals surface area contributed by atoms with Gasteiger partial charge in [-0.1, -0.05) is 5.92 Å². The third kappa shape index (κ3) is 1.94. The Morgan fingerprint density at radius 1 is 1.65 bits per heavy atom. The summed E-state index contributed by atoms with van der Waals surface area (Å²) in [5.74, 6) is 2.47. The van der Waals surface area contributed by atoms with Crippen molar-refractivity contribution in [2.75, 3.05) is 19.8 Å². The number of urea groups is 1. The van der Waals surface area contributed by atoms with Crippen molar-refractivity contribution in [3.8, 4) is 12.3 Å². The molecule has 3 unspecified atom stereocenters. The summed E-state index contributed by atoms with van der Waals surface area (Å²) >= 11 is 0. The van der Waals surface area contributed by atoms with E-state index in [0.29, 0.717) is 13.0 Å². The van der Waals surface area contributed by atoms with Crippen molar-refractivity contribution in [1.82, 2.24) is 15.3 Å². The lowest BCUT2D eigenvalue weighted by Crippen LogP contribution is -2.78. The molecule has 0 aliphatic carbocycles. The van der Waals surface area contributed by atoms with Crippen LogP contribution in [-0.4, -0.2) is 75.2 Å². The molecule has 0 aromatic carbocycles. The van der Waals surface area contributed by atoms with Gasteiger partial charge in [0.2, 0.25) is 0 Å². The molecule has 0 saturated carbocycles. The zero-order valence-electron chi connectivity index (χ0n) is 13.3. The number of hydroxylamine groups is 2. The van der Waals surface area contributed by atoms with E-state index in [1.54, 1.807) is 20.1 Å². The monoisotopic (exact) mass is 322 g/mol. The maximum absolute atomic E-state index is 12.5.